The number of H-pyrrole nitrogens is 1. The largest absolute Gasteiger partial charge is 0.291 e. The highest BCUT2D eigenvalue weighted by Crippen LogP contribution is 2.20. The molecule has 0 fully saturated rings. The van der Waals surface area contributed by atoms with E-state index in [1.807, 2.05) is 45.0 Å². The summed E-state index contributed by atoms with van der Waals surface area (Å²) in [7, 11) is 0. The molecule has 2 N–H and O–H groups in total. The summed E-state index contributed by atoms with van der Waals surface area (Å²) >= 11 is 3.38. The van der Waals surface area contributed by atoms with Gasteiger partial charge in [0.25, 0.3) is 5.91 Å². The predicted molar refractivity (Wildman–Crippen MR) is 86.5 cm³/mol. The number of aromatic amines is 1. The molecule has 0 bridgehead atoms. The van der Waals surface area contributed by atoms with Crippen LogP contribution in [0.1, 0.15) is 42.5 Å². The molecule has 1 amide bonds. The lowest BCUT2D eigenvalue weighted by molar-refractivity contribution is 0.0950. The lowest BCUT2D eigenvalue weighted by Gasteiger charge is -2.14. The highest BCUT2D eigenvalue weighted by Gasteiger charge is 2.18. The highest BCUT2D eigenvalue weighted by atomic mass is 79.9. The Balaban J connectivity index is 2.00. The Hall–Kier alpha value is -1.95. The minimum atomic E-state index is -0.340. The molecule has 0 saturated heterocycles. The number of nitrogens with one attached hydrogen (secondary N) is 2. The van der Waals surface area contributed by atoms with Crippen molar-refractivity contribution in [3.63, 3.8) is 0 Å². The predicted octanol–water partition coefficient (Wildman–Crippen LogP) is 3.23. The SMILES string of the molecule is CC(C)(C)c1cc(C(=O)N/N=C/c2cccc(Br)c2)n[nH]1. The first-order chi connectivity index (χ1) is 9.86. The third kappa shape index (κ3) is 4.26. The van der Waals surface area contributed by atoms with Crippen molar-refractivity contribution in [1.29, 1.82) is 0 Å². The number of hydrogen-bond acceptors (Lipinski definition) is 3. The summed E-state index contributed by atoms with van der Waals surface area (Å²) in [6, 6.07) is 9.36. The summed E-state index contributed by atoms with van der Waals surface area (Å²) in [6.45, 7) is 6.15. The first kappa shape index (κ1) is 15.4. The molecule has 2 rings (SSSR count). The normalized spacial score (nSPS) is 11.8. The Labute approximate surface area is 132 Å². The molecule has 1 aromatic heterocycles. The van der Waals surface area contributed by atoms with Crippen LogP contribution in [0.25, 0.3) is 0 Å². The second kappa shape index (κ2) is 6.22. The second-order valence-electron chi connectivity index (χ2n) is 5.67. The lowest BCUT2D eigenvalue weighted by Crippen LogP contribution is -2.18. The molecular weight excluding hydrogens is 332 g/mol. The van der Waals surface area contributed by atoms with E-state index in [1.54, 1.807) is 12.3 Å². The van der Waals surface area contributed by atoms with Crippen LogP contribution in [0.3, 0.4) is 0 Å². The number of rotatable bonds is 3. The summed E-state index contributed by atoms with van der Waals surface area (Å²) < 4.78 is 0.958. The molecule has 6 heteroatoms. The molecule has 21 heavy (non-hydrogen) atoms. The van der Waals surface area contributed by atoms with E-state index < -0.39 is 0 Å². The van der Waals surface area contributed by atoms with E-state index in [0.29, 0.717) is 5.69 Å². The molecule has 0 spiro atoms. The Bertz CT molecular complexity index is 670. The minimum absolute atomic E-state index is 0.0783. The fourth-order valence-corrected chi connectivity index (χ4v) is 2.05. The van der Waals surface area contributed by atoms with Gasteiger partial charge in [-0.05, 0) is 23.8 Å². The second-order valence-corrected chi connectivity index (χ2v) is 6.59. The first-order valence-corrected chi connectivity index (χ1v) is 7.30. The van der Waals surface area contributed by atoms with Gasteiger partial charge in [0.2, 0.25) is 0 Å². The number of aromatic nitrogens is 2. The maximum absolute atomic E-state index is 11.9. The van der Waals surface area contributed by atoms with Crippen molar-refractivity contribution in [2.45, 2.75) is 26.2 Å². The van der Waals surface area contributed by atoms with Crippen LogP contribution in [0, 0.1) is 0 Å². The van der Waals surface area contributed by atoms with Crippen LogP contribution in [0.4, 0.5) is 0 Å². The topological polar surface area (TPSA) is 70.1 Å². The summed E-state index contributed by atoms with van der Waals surface area (Å²) in [5.41, 5.74) is 4.51. The number of hydrazone groups is 1. The number of nitrogens with zero attached hydrogens (tertiary/aromatic N) is 2. The molecule has 0 aliphatic heterocycles. The molecule has 2 aromatic rings. The van der Waals surface area contributed by atoms with Gasteiger partial charge in [0.05, 0.1) is 6.21 Å². The van der Waals surface area contributed by atoms with Gasteiger partial charge in [-0.1, -0.05) is 48.8 Å². The van der Waals surface area contributed by atoms with Crippen LogP contribution in [0.2, 0.25) is 0 Å². The monoisotopic (exact) mass is 348 g/mol. The molecule has 1 aromatic carbocycles. The van der Waals surface area contributed by atoms with E-state index in [0.717, 1.165) is 15.7 Å². The van der Waals surface area contributed by atoms with Crippen molar-refractivity contribution < 1.29 is 4.79 Å². The van der Waals surface area contributed by atoms with Gasteiger partial charge in [-0.15, -0.1) is 0 Å². The lowest BCUT2D eigenvalue weighted by atomic mass is 9.92. The van der Waals surface area contributed by atoms with Crippen molar-refractivity contribution in [3.05, 3.63) is 51.8 Å². The molecule has 5 nitrogen and oxygen atoms in total. The molecule has 0 aliphatic rings. The van der Waals surface area contributed by atoms with Crippen molar-refractivity contribution in [1.82, 2.24) is 15.6 Å². The van der Waals surface area contributed by atoms with Gasteiger partial charge in [0.1, 0.15) is 0 Å². The van der Waals surface area contributed by atoms with Crippen LogP contribution < -0.4 is 5.43 Å². The molecule has 0 saturated carbocycles. The third-order valence-corrected chi connectivity index (χ3v) is 3.34. The standard InChI is InChI=1S/C15H17BrN4O/c1-15(2,3)13-8-12(18-19-13)14(21)20-17-9-10-5-4-6-11(16)7-10/h4-9H,1-3H3,(H,18,19)(H,20,21)/b17-9+. The summed E-state index contributed by atoms with van der Waals surface area (Å²) in [6.07, 6.45) is 1.58. The average molecular weight is 349 g/mol. The highest BCUT2D eigenvalue weighted by molar-refractivity contribution is 9.10. The van der Waals surface area contributed by atoms with E-state index in [9.17, 15) is 4.79 Å². The third-order valence-electron chi connectivity index (χ3n) is 2.85. The average Bonchev–Trinajstić information content (AvgIpc) is 2.88. The zero-order valence-corrected chi connectivity index (χ0v) is 13.7. The fraction of sp³-hybridized carbons (Fsp3) is 0.267. The molecule has 110 valence electrons. The van der Waals surface area contributed by atoms with Crippen molar-refractivity contribution in [3.8, 4) is 0 Å². The van der Waals surface area contributed by atoms with Crippen LogP contribution in [0.15, 0.2) is 39.9 Å². The Kier molecular flexibility index (Phi) is 4.57. The van der Waals surface area contributed by atoms with E-state index in [2.05, 4.69) is 36.7 Å². The van der Waals surface area contributed by atoms with Crippen LogP contribution >= 0.6 is 15.9 Å². The Morgan fingerprint density at radius 3 is 2.76 bits per heavy atom. The summed E-state index contributed by atoms with van der Waals surface area (Å²) in [4.78, 5) is 11.9. The zero-order valence-electron chi connectivity index (χ0n) is 12.1. The van der Waals surface area contributed by atoms with Gasteiger partial charge in [-0.25, -0.2) is 5.43 Å². The van der Waals surface area contributed by atoms with Gasteiger partial charge < -0.3 is 0 Å². The maximum Gasteiger partial charge on any atom is 0.291 e. The molecule has 1 heterocycles. The summed E-state index contributed by atoms with van der Waals surface area (Å²) in [5.74, 6) is -0.340. The smallest absolute Gasteiger partial charge is 0.281 e. The van der Waals surface area contributed by atoms with Gasteiger partial charge in [-0.2, -0.15) is 10.2 Å². The van der Waals surface area contributed by atoms with Gasteiger partial charge in [0, 0.05) is 15.6 Å². The van der Waals surface area contributed by atoms with Crippen LogP contribution in [0.5, 0.6) is 0 Å². The maximum atomic E-state index is 11.9. The molecule has 0 unspecified atom stereocenters. The van der Waals surface area contributed by atoms with Crippen molar-refractivity contribution in [2.24, 2.45) is 5.10 Å². The number of benzene rings is 1. The number of carbonyl (C=O) groups excluding carboxylic acids is 1. The molecule has 0 aliphatic carbocycles. The van der Waals surface area contributed by atoms with Crippen LogP contribution in [-0.2, 0) is 5.41 Å². The zero-order chi connectivity index (χ0) is 15.5. The fourth-order valence-electron chi connectivity index (χ4n) is 1.63. The van der Waals surface area contributed by atoms with Gasteiger partial charge in [0.15, 0.2) is 5.69 Å². The van der Waals surface area contributed by atoms with E-state index in [-0.39, 0.29) is 11.3 Å². The minimum Gasteiger partial charge on any atom is -0.281 e. The molecule has 0 atom stereocenters. The van der Waals surface area contributed by atoms with Gasteiger partial charge in [-0.3, -0.25) is 9.89 Å². The van der Waals surface area contributed by atoms with Crippen molar-refractivity contribution in [2.75, 3.05) is 0 Å². The van der Waals surface area contributed by atoms with E-state index in [4.69, 9.17) is 0 Å². The van der Waals surface area contributed by atoms with Crippen molar-refractivity contribution >= 4 is 28.1 Å². The summed E-state index contributed by atoms with van der Waals surface area (Å²) in [5, 5.41) is 10.8. The van der Waals surface area contributed by atoms with Crippen LogP contribution in [-0.4, -0.2) is 22.3 Å². The van der Waals surface area contributed by atoms with E-state index in [1.165, 1.54) is 0 Å². The first-order valence-electron chi connectivity index (χ1n) is 6.51. The number of hydrogen-bond donors (Lipinski definition) is 2. The van der Waals surface area contributed by atoms with E-state index >= 15 is 0 Å². The number of carbonyl (C=O) groups is 1. The van der Waals surface area contributed by atoms with Gasteiger partial charge >= 0.3 is 0 Å². The molecular formula is C15H17BrN4O. The molecule has 0 radical (unpaired) electrons. The quantitative estimate of drug-likeness (QED) is 0.660. The number of amides is 1. The number of halogens is 1. The Morgan fingerprint density at radius 2 is 2.14 bits per heavy atom. The Morgan fingerprint density at radius 1 is 1.38 bits per heavy atom.